The Bertz CT molecular complexity index is 3680. The fourth-order valence-corrected chi connectivity index (χ4v) is 13.3. The van der Waals surface area contributed by atoms with Gasteiger partial charge in [0, 0.05) is 6.92 Å². The number of hydrogen-bond acceptors (Lipinski definition) is 33. The minimum atomic E-state index is -1.85. The first-order chi connectivity index (χ1) is 60.1. The van der Waals surface area contributed by atoms with Crippen LogP contribution >= 0.6 is 0 Å². The van der Waals surface area contributed by atoms with Gasteiger partial charge in [-0.05, 0) is 128 Å². The van der Waals surface area contributed by atoms with Gasteiger partial charge in [-0.25, -0.2) is 0 Å². The fourth-order valence-electron chi connectivity index (χ4n) is 13.3. The quantitative estimate of drug-likeness (QED) is 0.0253. The molecule has 5 aliphatic heterocycles. The first-order valence-electron chi connectivity index (χ1n) is 42.6. The molecule has 0 unspecified atom stereocenters. The Balaban J connectivity index is 1.63. The van der Waals surface area contributed by atoms with Crippen LogP contribution in [0.5, 0.6) is 11.5 Å². The van der Waals surface area contributed by atoms with Crippen molar-refractivity contribution in [2.45, 2.75) is 264 Å². The van der Waals surface area contributed by atoms with Crippen LogP contribution in [-0.2, 0) is 147 Å². The Morgan fingerprint density at radius 3 is 0.677 bits per heavy atom. The van der Waals surface area contributed by atoms with Gasteiger partial charge in [0.1, 0.15) is 97.0 Å². The van der Waals surface area contributed by atoms with E-state index in [2.05, 4.69) is 65.8 Å². The average Bonchev–Trinajstić information content (AvgIpc) is 0.752. The van der Waals surface area contributed by atoms with E-state index in [0.29, 0.717) is 5.75 Å². The number of esters is 6. The van der Waals surface area contributed by atoms with E-state index in [-0.39, 0.29) is 98.2 Å². The summed E-state index contributed by atoms with van der Waals surface area (Å²) in [5, 5.41) is 0. The van der Waals surface area contributed by atoms with Gasteiger partial charge in [0.2, 0.25) is 6.29 Å². The molecule has 6 rings (SSSR count). The smallest absolute Gasteiger partial charge is 0.311 e. The van der Waals surface area contributed by atoms with Crippen LogP contribution in [0.25, 0.3) is 0 Å². The van der Waals surface area contributed by atoms with E-state index < -0.39 is 223 Å². The van der Waals surface area contributed by atoms with Crippen molar-refractivity contribution in [3.05, 3.63) is 151 Å². The Labute approximate surface area is 749 Å². The van der Waals surface area contributed by atoms with Crippen molar-refractivity contribution in [3.8, 4) is 11.5 Å². The third-order valence-electron chi connectivity index (χ3n) is 19.6. The van der Waals surface area contributed by atoms with E-state index in [9.17, 15) is 14.4 Å². The molecule has 0 N–H and O–H groups in total. The predicted molar refractivity (Wildman–Crippen MR) is 463 cm³/mol. The lowest BCUT2D eigenvalue weighted by Gasteiger charge is -2.52. The highest BCUT2D eigenvalue weighted by atomic mass is 16.8. The number of rotatable bonds is 52. The highest BCUT2D eigenvalue weighted by Gasteiger charge is 2.63. The van der Waals surface area contributed by atoms with Crippen LogP contribution in [0.15, 0.2) is 151 Å². The Morgan fingerprint density at radius 1 is 0.276 bits per heavy atom. The van der Waals surface area contributed by atoms with Crippen molar-refractivity contribution in [1.29, 1.82) is 0 Å². The molecule has 0 bridgehead atoms. The van der Waals surface area contributed by atoms with Crippen LogP contribution in [0.4, 0.5) is 0 Å². The van der Waals surface area contributed by atoms with Crippen LogP contribution in [-0.4, -0.2) is 296 Å². The second kappa shape index (κ2) is 51.8. The molecule has 25 atom stereocenters. The zero-order chi connectivity index (χ0) is 94.2. The van der Waals surface area contributed by atoms with Crippen molar-refractivity contribution in [2.75, 3.05) is 106 Å². The molecule has 1 aromatic carbocycles. The Morgan fingerprint density at radius 2 is 0.472 bits per heavy atom. The molecule has 5 heterocycles. The normalized spacial score (nSPS) is 30.0. The van der Waals surface area contributed by atoms with Crippen molar-refractivity contribution in [1.82, 2.24) is 0 Å². The van der Waals surface area contributed by atoms with Crippen LogP contribution < -0.4 is 9.47 Å². The average molecular weight is 1800 g/mol. The van der Waals surface area contributed by atoms with Crippen LogP contribution in [0, 0.1) is 27.1 Å². The van der Waals surface area contributed by atoms with E-state index in [1.165, 1.54) is 74.8 Å². The maximum Gasteiger partial charge on any atom is 0.311 e. The van der Waals surface area contributed by atoms with E-state index in [1.54, 1.807) is 128 Å². The lowest BCUT2D eigenvalue weighted by molar-refractivity contribution is -0.398. The molecule has 1 aromatic rings. The number of benzene rings is 1. The highest BCUT2D eigenvalue weighted by molar-refractivity contribution is 5.77. The summed E-state index contributed by atoms with van der Waals surface area (Å²) in [5.41, 5.74) is -6.09. The molecular weight excluding hydrogens is 1660 g/mol. The molecule has 0 aliphatic carbocycles. The SMILES string of the molecule is C=CCOC[C@H]1O[C@@H](O[C@@H]2[C@H](OCC=C)[C@@H](OC(=O)C(C)(C)C)[C@H](O[C@@H]3[C@H](OCC=C)[C@@H](OC(=O)C(C)(C)C)[C@H](O[C@@H]4[C@H](OCC=C)[C@@H](OC(=O)C(C)(C)C)[C@H](O[C@@H]5[C@H](OCC=C)[C@@H](OC(=O)C(C)(C)C)[C@H](Oc6ccc(OC)cc6)O[C@@H]5COCC=C)O[C@@H]4COCC=C)O[C@@H]3COCC=C)O[C@@H]2COCC=C)[C@H](OC(=O)C(C)(C)C)[C@@H](OCC=C)[C@H]1OC(C)=O. The van der Waals surface area contributed by atoms with Gasteiger partial charge in [-0.3, -0.25) is 28.8 Å². The van der Waals surface area contributed by atoms with Crippen molar-refractivity contribution < 1.29 is 157 Å². The van der Waals surface area contributed by atoms with Crippen molar-refractivity contribution >= 4 is 35.8 Å². The number of methoxy groups -OCH3 is 1. The standard InChI is InChI=1S/C94H140O33/c1-28-42-102-52-60-65(112-57(11)95)70(107-47-33-6)76(124-86(97)91(15,16)17)81(115-60)120-67-62(54-104-44-30-3)117-83(78(72(67)109-49-35-8)126-88(99)93(21,22)23)122-69-64(56-106-46-32-5)118-84(79(74(69)111-51-37-10)127-89(100)94(24,25)26)121-68-63(55-105-45-31-4)116-82(77(73(68)110-50-36-9)125-87(98)92(18,19)20)119-66-61(53-103-43-29-2)114-80(113-59-40-38-58(101-27)39-41-59)75(71(66)108-48-34-7)123-85(96)90(12,13)14/h28-41,60-84H,1-10,42-56H2,11-27H3/t60-,61-,62-,63-,64-,65+,66+,67+,68+,69+,70+,71+,72+,73+,74+,75-,76-,77-,78-,79-,80-,81+,82+,83+,84+/m1/s1. The Hall–Kier alpha value is -7.72. The maximum atomic E-state index is 15.2. The van der Waals surface area contributed by atoms with Crippen LogP contribution in [0.2, 0.25) is 0 Å². The molecular formula is C94H140O33. The lowest BCUT2D eigenvalue weighted by Crippen LogP contribution is -2.70. The predicted octanol–water partition coefficient (Wildman–Crippen LogP) is 10.8. The van der Waals surface area contributed by atoms with Gasteiger partial charge >= 0.3 is 35.8 Å². The van der Waals surface area contributed by atoms with Gasteiger partial charge in [-0.15, -0.1) is 65.8 Å². The summed E-state index contributed by atoms with van der Waals surface area (Å²) in [6.45, 7) is 61.8. The summed E-state index contributed by atoms with van der Waals surface area (Å²) in [6.07, 6.45) is -23.6. The van der Waals surface area contributed by atoms with E-state index in [0.717, 1.165) is 0 Å². The zero-order valence-electron chi connectivity index (χ0n) is 77.2. The molecule has 5 fully saturated rings. The third-order valence-corrected chi connectivity index (χ3v) is 19.6. The van der Waals surface area contributed by atoms with Crippen molar-refractivity contribution in [2.24, 2.45) is 27.1 Å². The highest BCUT2D eigenvalue weighted by Crippen LogP contribution is 2.44. The molecule has 33 heteroatoms. The molecule has 0 saturated carbocycles. The number of carbonyl (C=O) groups excluding carboxylic acids is 6. The molecule has 0 spiro atoms. The second-order valence-electron chi connectivity index (χ2n) is 35.6. The summed E-state index contributed by atoms with van der Waals surface area (Å²) in [5.74, 6) is -3.77. The van der Waals surface area contributed by atoms with Crippen LogP contribution in [0.3, 0.4) is 0 Å². The lowest BCUT2D eigenvalue weighted by atomic mass is 9.93. The minimum absolute atomic E-state index is 0.0182. The topological polar surface area (TPSA) is 352 Å². The first kappa shape index (κ1) is 108. The van der Waals surface area contributed by atoms with Gasteiger partial charge in [0.05, 0.1) is 133 Å². The first-order valence-corrected chi connectivity index (χ1v) is 42.6. The maximum absolute atomic E-state index is 15.2. The molecule has 33 nitrogen and oxygen atoms in total. The Kier molecular flexibility index (Phi) is 44.0. The molecule has 127 heavy (non-hydrogen) atoms. The minimum Gasteiger partial charge on any atom is -0.497 e. The molecule has 0 amide bonds. The molecule has 0 aromatic heterocycles. The monoisotopic (exact) mass is 1800 g/mol. The van der Waals surface area contributed by atoms with Gasteiger partial charge in [0.25, 0.3) is 0 Å². The summed E-state index contributed by atoms with van der Waals surface area (Å²) < 4.78 is 180. The van der Waals surface area contributed by atoms with Gasteiger partial charge in [-0.2, -0.15) is 0 Å². The summed E-state index contributed by atoms with van der Waals surface area (Å²) in [6, 6.07) is 6.63. The zero-order valence-corrected chi connectivity index (χ0v) is 77.2. The fraction of sp³-hybridized carbons (Fsp3) is 0.660. The van der Waals surface area contributed by atoms with Gasteiger partial charge in [-0.1, -0.05) is 60.8 Å². The van der Waals surface area contributed by atoms with Crippen molar-refractivity contribution in [3.63, 3.8) is 0 Å². The molecule has 714 valence electrons. The van der Waals surface area contributed by atoms with E-state index in [4.69, 9.17) is 128 Å². The third kappa shape index (κ3) is 32.1. The number of hydrogen-bond donors (Lipinski definition) is 0. The van der Waals surface area contributed by atoms with Gasteiger partial charge < -0.3 is 128 Å². The number of carbonyl (C=O) groups is 6. The van der Waals surface area contributed by atoms with E-state index in [1.807, 2.05) is 0 Å². The largest absolute Gasteiger partial charge is 0.497 e. The van der Waals surface area contributed by atoms with Crippen LogP contribution in [0.1, 0.15) is 111 Å². The van der Waals surface area contributed by atoms with Gasteiger partial charge in [0.15, 0.2) is 61.8 Å². The summed E-state index contributed by atoms with van der Waals surface area (Å²) >= 11 is 0. The second-order valence-corrected chi connectivity index (χ2v) is 35.6. The summed E-state index contributed by atoms with van der Waals surface area (Å²) in [4.78, 5) is 87.1. The molecule has 5 saturated heterocycles. The molecule has 5 aliphatic rings. The molecule has 0 radical (unpaired) electrons. The summed E-state index contributed by atoms with van der Waals surface area (Å²) in [7, 11) is 1.52. The van der Waals surface area contributed by atoms with E-state index >= 15 is 14.4 Å². The number of ether oxygens (including phenoxy) is 27.